The van der Waals surface area contributed by atoms with Gasteiger partial charge in [0.05, 0.1) is 12.6 Å². The number of hydrogen-bond acceptors (Lipinski definition) is 3. The number of aryl methyl sites for hydroxylation is 2. The number of rotatable bonds is 5. The van der Waals surface area contributed by atoms with Crippen molar-refractivity contribution in [2.45, 2.75) is 39.3 Å². The highest BCUT2D eigenvalue weighted by atomic mass is 19.1. The fourth-order valence-corrected chi connectivity index (χ4v) is 3.83. The predicted molar refractivity (Wildman–Crippen MR) is 119 cm³/mol. The van der Waals surface area contributed by atoms with Gasteiger partial charge in [0.15, 0.2) is 0 Å². The zero-order chi connectivity index (χ0) is 22.0. The maximum absolute atomic E-state index is 13.2. The average molecular weight is 423 g/mol. The molecule has 2 amide bonds. The number of nitrogens with one attached hydrogen (secondary N) is 2. The summed E-state index contributed by atoms with van der Waals surface area (Å²) >= 11 is 0. The minimum absolute atomic E-state index is 0.0663. The highest BCUT2D eigenvalue weighted by molar-refractivity contribution is 5.89. The lowest BCUT2D eigenvalue weighted by Crippen LogP contribution is -2.40. The lowest BCUT2D eigenvalue weighted by Gasteiger charge is -2.25. The quantitative estimate of drug-likeness (QED) is 0.635. The van der Waals surface area contributed by atoms with E-state index in [0.717, 1.165) is 34.9 Å². The van der Waals surface area contributed by atoms with E-state index in [2.05, 4.69) is 10.3 Å². The maximum Gasteiger partial charge on any atom is 0.322 e. The number of anilines is 1. The molecule has 4 rings (SSSR count). The van der Waals surface area contributed by atoms with Crippen LogP contribution in [0.25, 0.3) is 10.9 Å². The first kappa shape index (κ1) is 21.1. The molecule has 7 heteroatoms. The minimum atomic E-state index is -0.373. The molecule has 0 saturated carbocycles. The van der Waals surface area contributed by atoms with Gasteiger partial charge in [-0.05, 0) is 85.7 Å². The molecule has 1 saturated heterocycles. The molecule has 0 bridgehead atoms. The first-order chi connectivity index (χ1) is 14.9. The summed E-state index contributed by atoms with van der Waals surface area (Å²) in [5.41, 5.74) is 3.79. The molecule has 1 atom stereocenters. The summed E-state index contributed by atoms with van der Waals surface area (Å²) in [6.45, 7) is 5.22. The van der Waals surface area contributed by atoms with Crippen LogP contribution in [0.15, 0.2) is 47.3 Å². The second-order valence-electron chi connectivity index (χ2n) is 8.10. The number of carbonyl (C=O) groups is 1. The van der Waals surface area contributed by atoms with Crippen LogP contribution in [0, 0.1) is 19.7 Å². The van der Waals surface area contributed by atoms with Crippen molar-refractivity contribution in [2.24, 2.45) is 0 Å². The molecule has 1 aromatic heterocycles. The highest BCUT2D eigenvalue weighted by Crippen LogP contribution is 2.20. The van der Waals surface area contributed by atoms with E-state index in [0.29, 0.717) is 24.4 Å². The second-order valence-corrected chi connectivity index (χ2v) is 8.10. The van der Waals surface area contributed by atoms with Gasteiger partial charge in [-0.3, -0.25) is 4.79 Å². The van der Waals surface area contributed by atoms with E-state index in [4.69, 9.17) is 4.74 Å². The predicted octanol–water partition coefficient (Wildman–Crippen LogP) is 4.50. The third-order valence-corrected chi connectivity index (χ3v) is 5.73. The number of nitrogens with zero attached hydrogens (tertiary/aromatic N) is 1. The molecule has 6 nitrogen and oxygen atoms in total. The lowest BCUT2D eigenvalue weighted by atomic mass is 10.0. The van der Waals surface area contributed by atoms with Crippen LogP contribution in [0.2, 0.25) is 0 Å². The largest absolute Gasteiger partial charge is 0.376 e. The van der Waals surface area contributed by atoms with Crippen molar-refractivity contribution >= 4 is 22.6 Å². The normalized spacial score (nSPS) is 15.9. The van der Waals surface area contributed by atoms with Gasteiger partial charge in [0.1, 0.15) is 5.82 Å². The molecule has 162 valence electrons. The number of fused-ring (bicyclic) bond motifs is 1. The van der Waals surface area contributed by atoms with Crippen molar-refractivity contribution in [1.82, 2.24) is 9.88 Å². The summed E-state index contributed by atoms with van der Waals surface area (Å²) in [4.78, 5) is 30.3. The maximum atomic E-state index is 13.2. The Labute approximate surface area is 180 Å². The molecular formula is C24H26FN3O3. The van der Waals surface area contributed by atoms with E-state index in [1.54, 1.807) is 4.90 Å². The third kappa shape index (κ3) is 4.94. The molecule has 1 aliphatic heterocycles. The van der Waals surface area contributed by atoms with Crippen molar-refractivity contribution in [3.05, 3.63) is 75.3 Å². The van der Waals surface area contributed by atoms with E-state index in [1.807, 2.05) is 32.0 Å². The van der Waals surface area contributed by atoms with Gasteiger partial charge in [-0.25, -0.2) is 9.18 Å². The number of urea groups is 1. The topological polar surface area (TPSA) is 74.4 Å². The van der Waals surface area contributed by atoms with Crippen LogP contribution in [-0.2, 0) is 11.3 Å². The van der Waals surface area contributed by atoms with Crippen LogP contribution in [0.5, 0.6) is 0 Å². The van der Waals surface area contributed by atoms with E-state index < -0.39 is 0 Å². The number of aromatic nitrogens is 1. The van der Waals surface area contributed by atoms with Crippen molar-refractivity contribution in [2.75, 3.05) is 18.5 Å². The Morgan fingerprint density at radius 1 is 1.19 bits per heavy atom. The number of halogens is 1. The van der Waals surface area contributed by atoms with Gasteiger partial charge in [0.25, 0.3) is 5.56 Å². The summed E-state index contributed by atoms with van der Waals surface area (Å²) < 4.78 is 18.9. The van der Waals surface area contributed by atoms with Crippen LogP contribution in [-0.4, -0.2) is 35.2 Å². The smallest absolute Gasteiger partial charge is 0.322 e. The minimum Gasteiger partial charge on any atom is -0.376 e. The van der Waals surface area contributed by atoms with Crippen molar-refractivity contribution in [1.29, 1.82) is 0 Å². The lowest BCUT2D eigenvalue weighted by molar-refractivity contribution is 0.0818. The van der Waals surface area contributed by atoms with E-state index in [-0.39, 0.29) is 30.1 Å². The van der Waals surface area contributed by atoms with Gasteiger partial charge in [-0.2, -0.15) is 0 Å². The Hall–Kier alpha value is -3.19. The average Bonchev–Trinajstić information content (AvgIpc) is 3.24. The molecule has 0 unspecified atom stereocenters. The molecule has 0 aliphatic carbocycles. The van der Waals surface area contributed by atoms with Crippen LogP contribution in [0.3, 0.4) is 0 Å². The van der Waals surface area contributed by atoms with E-state index in [9.17, 15) is 14.0 Å². The Balaban J connectivity index is 1.61. The SMILES string of the molecule is Cc1cc2cc(CN(C[C@@H]3CCCO3)C(=O)Nc3ccc(F)cc3)c(=O)[nH]c2cc1C. The number of H-pyrrole nitrogens is 1. The van der Waals surface area contributed by atoms with Gasteiger partial charge < -0.3 is 19.9 Å². The van der Waals surface area contributed by atoms with Crippen LogP contribution in [0.1, 0.15) is 29.5 Å². The Morgan fingerprint density at radius 2 is 1.94 bits per heavy atom. The second kappa shape index (κ2) is 8.89. The molecule has 0 radical (unpaired) electrons. The molecule has 2 heterocycles. The fourth-order valence-electron chi connectivity index (χ4n) is 3.83. The number of benzene rings is 2. The molecular weight excluding hydrogens is 397 g/mol. The Morgan fingerprint density at radius 3 is 2.65 bits per heavy atom. The van der Waals surface area contributed by atoms with Crippen molar-refractivity contribution in [3.8, 4) is 0 Å². The first-order valence-corrected chi connectivity index (χ1v) is 10.5. The summed E-state index contributed by atoms with van der Waals surface area (Å²) in [5.74, 6) is -0.373. The van der Waals surface area contributed by atoms with Crippen LogP contribution < -0.4 is 10.9 Å². The number of amides is 2. The summed E-state index contributed by atoms with van der Waals surface area (Å²) in [6.07, 6.45) is 1.75. The number of carbonyl (C=O) groups excluding carboxylic acids is 1. The zero-order valence-electron chi connectivity index (χ0n) is 17.7. The van der Waals surface area contributed by atoms with Crippen LogP contribution in [0.4, 0.5) is 14.9 Å². The number of aromatic amines is 1. The monoisotopic (exact) mass is 423 g/mol. The van der Waals surface area contributed by atoms with Crippen molar-refractivity contribution < 1.29 is 13.9 Å². The zero-order valence-corrected chi connectivity index (χ0v) is 17.7. The van der Waals surface area contributed by atoms with Crippen molar-refractivity contribution in [3.63, 3.8) is 0 Å². The molecule has 1 aliphatic rings. The van der Waals surface area contributed by atoms with Gasteiger partial charge in [-0.15, -0.1) is 0 Å². The molecule has 0 spiro atoms. The van der Waals surface area contributed by atoms with E-state index in [1.165, 1.54) is 24.3 Å². The molecule has 31 heavy (non-hydrogen) atoms. The summed E-state index contributed by atoms with van der Waals surface area (Å²) in [5, 5.41) is 3.71. The number of hydrogen-bond donors (Lipinski definition) is 2. The molecule has 1 fully saturated rings. The number of ether oxygens (including phenoxy) is 1. The van der Waals surface area contributed by atoms with Crippen LogP contribution >= 0.6 is 0 Å². The third-order valence-electron chi connectivity index (χ3n) is 5.73. The summed E-state index contributed by atoms with van der Waals surface area (Å²) in [6, 6.07) is 11.1. The molecule has 3 aromatic rings. The molecule has 2 N–H and O–H groups in total. The van der Waals surface area contributed by atoms with Gasteiger partial charge >= 0.3 is 6.03 Å². The van der Waals surface area contributed by atoms with E-state index >= 15 is 0 Å². The van der Waals surface area contributed by atoms with Gasteiger partial charge in [-0.1, -0.05) is 0 Å². The Bertz CT molecular complexity index is 1150. The molecule has 2 aromatic carbocycles. The highest BCUT2D eigenvalue weighted by Gasteiger charge is 2.24. The standard InChI is InChI=1S/C24H26FN3O3/c1-15-10-17-12-18(23(29)27-22(17)11-16(15)2)13-28(14-21-4-3-9-31-21)24(30)26-20-7-5-19(25)6-8-20/h5-8,10-12,21H,3-4,9,13-14H2,1-2H3,(H,26,30)(H,27,29)/t21-/m0/s1. The van der Waals surface area contributed by atoms with Gasteiger partial charge in [0, 0.05) is 29.9 Å². The first-order valence-electron chi connectivity index (χ1n) is 10.5. The number of pyridine rings is 1. The summed E-state index contributed by atoms with van der Waals surface area (Å²) in [7, 11) is 0. The van der Waals surface area contributed by atoms with Gasteiger partial charge in [0.2, 0.25) is 0 Å². The Kier molecular flexibility index (Phi) is 6.04. The fraction of sp³-hybridized carbons (Fsp3) is 0.333.